The first-order valence-electron chi connectivity index (χ1n) is 7.53. The van der Waals surface area contributed by atoms with Crippen LogP contribution in [0.1, 0.15) is 13.8 Å². The van der Waals surface area contributed by atoms with Gasteiger partial charge < -0.3 is 15.0 Å². The SMILES string of the molecule is CCN(CC)CCOc1ccc(Nc2cc(Cl)nc(Cl)n2)cc1. The van der Waals surface area contributed by atoms with Gasteiger partial charge in [0, 0.05) is 18.3 Å². The molecule has 5 nitrogen and oxygen atoms in total. The van der Waals surface area contributed by atoms with E-state index in [1.54, 1.807) is 6.07 Å². The summed E-state index contributed by atoms with van der Waals surface area (Å²) in [5, 5.41) is 3.52. The highest BCUT2D eigenvalue weighted by molar-refractivity contribution is 6.32. The number of ether oxygens (including phenoxy) is 1. The van der Waals surface area contributed by atoms with Gasteiger partial charge in [0.05, 0.1) is 0 Å². The molecule has 1 aromatic carbocycles. The smallest absolute Gasteiger partial charge is 0.225 e. The molecule has 1 aromatic heterocycles. The molecule has 0 atom stereocenters. The van der Waals surface area contributed by atoms with Crippen molar-refractivity contribution in [3.05, 3.63) is 40.8 Å². The summed E-state index contributed by atoms with van der Waals surface area (Å²) >= 11 is 11.6. The van der Waals surface area contributed by atoms with Crippen LogP contribution in [0.3, 0.4) is 0 Å². The van der Waals surface area contributed by atoms with Crippen LogP contribution in [-0.4, -0.2) is 41.1 Å². The number of halogens is 2. The Bertz CT molecular complexity index is 598. The Morgan fingerprint density at radius 1 is 1.09 bits per heavy atom. The highest BCUT2D eigenvalue weighted by Crippen LogP contribution is 2.21. The zero-order chi connectivity index (χ0) is 16.7. The summed E-state index contributed by atoms with van der Waals surface area (Å²) < 4.78 is 5.75. The molecule has 0 unspecified atom stereocenters. The molecule has 2 rings (SSSR count). The number of rotatable bonds is 8. The molecule has 0 amide bonds. The van der Waals surface area contributed by atoms with Gasteiger partial charge >= 0.3 is 0 Å². The number of benzene rings is 1. The number of hydrogen-bond acceptors (Lipinski definition) is 5. The summed E-state index contributed by atoms with van der Waals surface area (Å²) in [6.45, 7) is 7.96. The van der Waals surface area contributed by atoms with Crippen LogP contribution in [0.25, 0.3) is 0 Å². The first-order valence-corrected chi connectivity index (χ1v) is 8.28. The summed E-state index contributed by atoms with van der Waals surface area (Å²) in [5.74, 6) is 1.38. The van der Waals surface area contributed by atoms with E-state index in [4.69, 9.17) is 27.9 Å². The number of nitrogens with zero attached hydrogens (tertiary/aromatic N) is 3. The van der Waals surface area contributed by atoms with E-state index in [-0.39, 0.29) is 5.28 Å². The predicted molar refractivity (Wildman–Crippen MR) is 95.1 cm³/mol. The molecule has 2 aromatic rings. The zero-order valence-corrected chi connectivity index (χ0v) is 14.7. The van der Waals surface area contributed by atoms with Crippen molar-refractivity contribution in [2.24, 2.45) is 0 Å². The van der Waals surface area contributed by atoms with E-state index in [0.29, 0.717) is 17.6 Å². The zero-order valence-electron chi connectivity index (χ0n) is 13.2. The molecule has 0 bridgehead atoms. The van der Waals surface area contributed by atoms with Crippen molar-refractivity contribution in [1.29, 1.82) is 0 Å². The number of anilines is 2. The van der Waals surface area contributed by atoms with Crippen molar-refractivity contribution < 1.29 is 4.74 Å². The molecular formula is C16H20Cl2N4O. The average Bonchev–Trinajstić information content (AvgIpc) is 2.52. The lowest BCUT2D eigenvalue weighted by Crippen LogP contribution is -2.27. The molecule has 0 aliphatic heterocycles. The van der Waals surface area contributed by atoms with Crippen molar-refractivity contribution >= 4 is 34.7 Å². The van der Waals surface area contributed by atoms with Crippen LogP contribution < -0.4 is 10.1 Å². The van der Waals surface area contributed by atoms with Crippen molar-refractivity contribution in [2.75, 3.05) is 31.6 Å². The van der Waals surface area contributed by atoms with Crippen molar-refractivity contribution in [1.82, 2.24) is 14.9 Å². The van der Waals surface area contributed by atoms with E-state index in [1.165, 1.54) is 0 Å². The third kappa shape index (κ3) is 5.86. The molecule has 0 aliphatic carbocycles. The standard InChI is InChI=1S/C16H20Cl2N4O/c1-3-22(4-2)9-10-23-13-7-5-12(6-8-13)19-15-11-14(17)20-16(18)21-15/h5-8,11H,3-4,9-10H2,1-2H3,(H,19,20,21). The fourth-order valence-corrected chi connectivity index (χ4v) is 2.48. The Hall–Kier alpha value is -1.56. The normalized spacial score (nSPS) is 10.8. The lowest BCUT2D eigenvalue weighted by Gasteiger charge is -2.18. The molecule has 0 fully saturated rings. The van der Waals surface area contributed by atoms with Gasteiger partial charge in [-0.3, -0.25) is 0 Å². The van der Waals surface area contributed by atoms with Crippen LogP contribution >= 0.6 is 23.2 Å². The fraction of sp³-hybridized carbons (Fsp3) is 0.375. The highest BCUT2D eigenvalue weighted by atomic mass is 35.5. The molecule has 0 saturated heterocycles. The van der Waals surface area contributed by atoms with Crippen LogP contribution in [-0.2, 0) is 0 Å². The van der Waals surface area contributed by atoms with Gasteiger partial charge in [-0.2, -0.15) is 0 Å². The van der Waals surface area contributed by atoms with E-state index in [0.717, 1.165) is 31.1 Å². The summed E-state index contributed by atoms with van der Waals surface area (Å²) in [4.78, 5) is 10.2. The highest BCUT2D eigenvalue weighted by Gasteiger charge is 2.03. The van der Waals surface area contributed by atoms with Gasteiger partial charge in [-0.25, -0.2) is 9.97 Å². The molecule has 0 aliphatic rings. The van der Waals surface area contributed by atoms with E-state index in [9.17, 15) is 0 Å². The molecule has 0 spiro atoms. The lowest BCUT2D eigenvalue weighted by atomic mass is 10.3. The Balaban J connectivity index is 1.89. The second kappa shape index (κ2) is 8.91. The van der Waals surface area contributed by atoms with Gasteiger partial charge in [0.1, 0.15) is 23.3 Å². The maximum atomic E-state index is 5.85. The quantitative estimate of drug-likeness (QED) is 0.567. The molecule has 0 radical (unpaired) electrons. The summed E-state index contributed by atoms with van der Waals surface area (Å²) in [7, 11) is 0. The van der Waals surface area contributed by atoms with Crippen molar-refractivity contribution in [3.63, 3.8) is 0 Å². The second-order valence-corrected chi connectivity index (χ2v) is 5.59. The van der Waals surface area contributed by atoms with Crippen LogP contribution in [0.15, 0.2) is 30.3 Å². The van der Waals surface area contributed by atoms with Gasteiger partial charge in [-0.1, -0.05) is 25.4 Å². The minimum absolute atomic E-state index is 0.108. The van der Waals surface area contributed by atoms with Gasteiger partial charge in [0.2, 0.25) is 5.28 Å². The third-order valence-corrected chi connectivity index (χ3v) is 3.73. The van der Waals surface area contributed by atoms with Crippen LogP contribution in [0.4, 0.5) is 11.5 Å². The van der Waals surface area contributed by atoms with Crippen LogP contribution in [0.2, 0.25) is 10.4 Å². The maximum Gasteiger partial charge on any atom is 0.225 e. The number of hydrogen-bond donors (Lipinski definition) is 1. The molecule has 7 heteroatoms. The summed E-state index contributed by atoms with van der Waals surface area (Å²) in [5.41, 5.74) is 0.868. The van der Waals surface area contributed by atoms with Crippen LogP contribution in [0.5, 0.6) is 5.75 Å². The largest absolute Gasteiger partial charge is 0.492 e. The molecule has 1 N–H and O–H groups in total. The Labute approximate surface area is 146 Å². The molecule has 0 saturated carbocycles. The van der Waals surface area contributed by atoms with Gasteiger partial charge in [0.25, 0.3) is 0 Å². The van der Waals surface area contributed by atoms with E-state index in [1.807, 2.05) is 24.3 Å². The number of likely N-dealkylation sites (N-methyl/N-ethyl adjacent to an activating group) is 1. The number of aromatic nitrogens is 2. The first-order chi connectivity index (χ1) is 11.1. The lowest BCUT2D eigenvalue weighted by molar-refractivity contribution is 0.223. The number of nitrogens with one attached hydrogen (secondary N) is 1. The summed E-state index contributed by atoms with van der Waals surface area (Å²) in [6.07, 6.45) is 0. The Kier molecular flexibility index (Phi) is 6.89. The minimum Gasteiger partial charge on any atom is -0.492 e. The maximum absolute atomic E-state index is 5.85. The fourth-order valence-electron chi connectivity index (χ4n) is 2.07. The topological polar surface area (TPSA) is 50.3 Å². The summed E-state index contributed by atoms with van der Waals surface area (Å²) in [6, 6.07) is 9.26. The Morgan fingerprint density at radius 3 is 2.39 bits per heavy atom. The van der Waals surface area contributed by atoms with Gasteiger partial charge in [-0.15, -0.1) is 0 Å². The average molecular weight is 355 g/mol. The second-order valence-electron chi connectivity index (χ2n) is 4.87. The van der Waals surface area contributed by atoms with Crippen LogP contribution in [0, 0.1) is 0 Å². The first kappa shape index (κ1) is 17.8. The molecular weight excluding hydrogens is 335 g/mol. The minimum atomic E-state index is 0.108. The Morgan fingerprint density at radius 2 is 1.78 bits per heavy atom. The van der Waals surface area contributed by atoms with E-state index < -0.39 is 0 Å². The molecule has 1 heterocycles. The van der Waals surface area contributed by atoms with Gasteiger partial charge in [-0.05, 0) is 49.0 Å². The molecule has 124 valence electrons. The van der Waals surface area contributed by atoms with E-state index in [2.05, 4.69) is 34.0 Å². The predicted octanol–water partition coefficient (Wildman–Crippen LogP) is 4.25. The van der Waals surface area contributed by atoms with E-state index >= 15 is 0 Å². The molecule has 23 heavy (non-hydrogen) atoms. The van der Waals surface area contributed by atoms with Crippen molar-refractivity contribution in [2.45, 2.75) is 13.8 Å². The van der Waals surface area contributed by atoms with Crippen molar-refractivity contribution in [3.8, 4) is 5.75 Å². The van der Waals surface area contributed by atoms with Gasteiger partial charge in [0.15, 0.2) is 0 Å². The monoisotopic (exact) mass is 354 g/mol. The third-order valence-electron chi connectivity index (χ3n) is 3.36.